The number of nitrogens with zero attached hydrogens (tertiary/aromatic N) is 3. The zero-order valence-corrected chi connectivity index (χ0v) is 16.2. The van der Waals surface area contributed by atoms with Crippen molar-refractivity contribution < 1.29 is 13.9 Å². The van der Waals surface area contributed by atoms with Crippen molar-refractivity contribution in [3.8, 4) is 17.1 Å². The number of amides is 2. The number of ether oxygens (including phenoxy) is 1. The van der Waals surface area contributed by atoms with Crippen molar-refractivity contribution in [3.63, 3.8) is 0 Å². The highest BCUT2D eigenvalue weighted by Gasteiger charge is 2.12. The van der Waals surface area contributed by atoms with Crippen LogP contribution < -0.4 is 21.1 Å². The number of urea groups is 1. The topological polar surface area (TPSA) is 90.2 Å². The maximum atomic E-state index is 12.9. The predicted octanol–water partition coefficient (Wildman–Crippen LogP) is 1.90. The first kappa shape index (κ1) is 20.1. The second-order valence-electron chi connectivity index (χ2n) is 6.35. The molecule has 0 aliphatic heterocycles. The van der Waals surface area contributed by atoms with Crippen LogP contribution in [0, 0.1) is 5.82 Å². The van der Waals surface area contributed by atoms with Gasteiger partial charge in [0, 0.05) is 25.7 Å². The minimum absolute atomic E-state index is 0.229. The minimum atomic E-state index is -0.381. The van der Waals surface area contributed by atoms with Gasteiger partial charge < -0.3 is 15.4 Å². The number of carbonyl (C=O) groups is 1. The van der Waals surface area contributed by atoms with E-state index in [1.807, 2.05) is 12.1 Å². The van der Waals surface area contributed by atoms with E-state index in [0.717, 1.165) is 11.1 Å². The van der Waals surface area contributed by atoms with Crippen LogP contribution in [0.15, 0.2) is 53.3 Å². The van der Waals surface area contributed by atoms with Crippen molar-refractivity contribution in [1.82, 2.24) is 25.0 Å². The summed E-state index contributed by atoms with van der Waals surface area (Å²) in [6.07, 6.45) is 0. The number of hydrogen-bond acceptors (Lipinski definition) is 4. The van der Waals surface area contributed by atoms with E-state index in [9.17, 15) is 14.0 Å². The SMILES string of the molecule is COc1ccc(-c2nn(CCNC(=O)NCc3ccc(F)cc3)c(=O)n2C)cc1. The van der Waals surface area contributed by atoms with Gasteiger partial charge in [-0.25, -0.2) is 18.7 Å². The molecule has 0 fully saturated rings. The molecule has 9 heteroatoms. The second-order valence-corrected chi connectivity index (χ2v) is 6.35. The molecule has 0 radical (unpaired) electrons. The van der Waals surface area contributed by atoms with E-state index >= 15 is 0 Å². The van der Waals surface area contributed by atoms with Gasteiger partial charge in [-0.2, -0.15) is 0 Å². The molecule has 0 saturated carbocycles. The number of nitrogens with one attached hydrogen (secondary N) is 2. The normalized spacial score (nSPS) is 10.6. The van der Waals surface area contributed by atoms with Crippen LogP contribution in [0.3, 0.4) is 0 Å². The maximum absolute atomic E-state index is 12.9. The highest BCUT2D eigenvalue weighted by atomic mass is 19.1. The van der Waals surface area contributed by atoms with Crippen molar-refractivity contribution >= 4 is 6.03 Å². The maximum Gasteiger partial charge on any atom is 0.345 e. The minimum Gasteiger partial charge on any atom is -0.497 e. The lowest BCUT2D eigenvalue weighted by Gasteiger charge is -2.07. The number of rotatable bonds is 7. The summed E-state index contributed by atoms with van der Waals surface area (Å²) in [5, 5.41) is 9.70. The van der Waals surface area contributed by atoms with E-state index in [1.165, 1.54) is 21.4 Å². The van der Waals surface area contributed by atoms with E-state index in [1.54, 1.807) is 38.4 Å². The zero-order valence-electron chi connectivity index (χ0n) is 16.2. The van der Waals surface area contributed by atoms with Crippen LogP contribution in [0.1, 0.15) is 5.56 Å². The van der Waals surface area contributed by atoms with Gasteiger partial charge in [-0.1, -0.05) is 12.1 Å². The molecular weight excluding hydrogens is 377 g/mol. The Bertz CT molecular complexity index is 1030. The summed E-state index contributed by atoms with van der Waals surface area (Å²) in [6.45, 7) is 0.734. The van der Waals surface area contributed by atoms with Gasteiger partial charge in [0.1, 0.15) is 11.6 Å². The summed E-state index contributed by atoms with van der Waals surface area (Å²) in [6, 6.07) is 12.7. The summed E-state index contributed by atoms with van der Waals surface area (Å²) in [5.41, 5.74) is 1.30. The van der Waals surface area contributed by atoms with Gasteiger partial charge in [0.15, 0.2) is 5.82 Å². The smallest absolute Gasteiger partial charge is 0.345 e. The molecule has 0 bridgehead atoms. The Morgan fingerprint density at radius 2 is 1.79 bits per heavy atom. The first-order valence-corrected chi connectivity index (χ1v) is 9.02. The highest BCUT2D eigenvalue weighted by Crippen LogP contribution is 2.19. The molecule has 2 aromatic carbocycles. The Labute approximate surface area is 166 Å². The standard InChI is InChI=1S/C20H22FN5O3/c1-25-18(15-5-9-17(29-2)10-6-15)24-26(20(25)28)12-11-22-19(27)23-13-14-3-7-16(21)8-4-14/h3-10H,11-13H2,1-2H3,(H2,22,23,27). The molecule has 0 unspecified atom stereocenters. The van der Waals surface area contributed by atoms with E-state index in [0.29, 0.717) is 11.6 Å². The number of benzene rings is 2. The summed E-state index contributed by atoms with van der Waals surface area (Å²) in [4.78, 5) is 24.3. The number of halogens is 1. The molecule has 0 saturated heterocycles. The van der Waals surface area contributed by atoms with Crippen molar-refractivity contribution in [1.29, 1.82) is 0 Å². The first-order chi connectivity index (χ1) is 14.0. The molecule has 0 aliphatic rings. The Morgan fingerprint density at radius 1 is 1.10 bits per heavy atom. The summed E-state index contributed by atoms with van der Waals surface area (Å²) >= 11 is 0. The quantitative estimate of drug-likeness (QED) is 0.635. The van der Waals surface area contributed by atoms with Crippen LogP contribution in [0.25, 0.3) is 11.4 Å². The van der Waals surface area contributed by atoms with Gasteiger partial charge in [0.05, 0.1) is 13.7 Å². The highest BCUT2D eigenvalue weighted by molar-refractivity contribution is 5.73. The molecule has 3 aromatic rings. The molecule has 2 amide bonds. The number of methoxy groups -OCH3 is 1. The lowest BCUT2D eigenvalue weighted by Crippen LogP contribution is -2.38. The third-order valence-electron chi connectivity index (χ3n) is 4.36. The van der Waals surface area contributed by atoms with Gasteiger partial charge in [-0.05, 0) is 42.0 Å². The van der Waals surface area contributed by atoms with Crippen molar-refractivity contribution in [2.45, 2.75) is 13.1 Å². The molecule has 3 rings (SSSR count). The third kappa shape index (κ3) is 5.01. The average Bonchev–Trinajstić information content (AvgIpc) is 3.02. The van der Waals surface area contributed by atoms with Crippen molar-refractivity contribution in [2.24, 2.45) is 7.05 Å². The summed E-state index contributed by atoms with van der Waals surface area (Å²) < 4.78 is 20.8. The van der Waals surface area contributed by atoms with Crippen LogP contribution in [-0.2, 0) is 20.1 Å². The fourth-order valence-electron chi connectivity index (χ4n) is 2.75. The van der Waals surface area contributed by atoms with Gasteiger partial charge >= 0.3 is 11.7 Å². The monoisotopic (exact) mass is 399 g/mol. The number of hydrogen-bond donors (Lipinski definition) is 2. The summed E-state index contributed by atoms with van der Waals surface area (Å²) in [7, 11) is 3.23. The Kier molecular flexibility index (Phi) is 6.28. The van der Waals surface area contributed by atoms with E-state index < -0.39 is 0 Å². The molecule has 0 aliphatic carbocycles. The zero-order chi connectivity index (χ0) is 20.8. The average molecular weight is 399 g/mol. The van der Waals surface area contributed by atoms with Crippen LogP contribution in [0.2, 0.25) is 0 Å². The molecule has 0 atom stereocenters. The molecular formula is C20H22FN5O3. The summed E-state index contributed by atoms with van der Waals surface area (Å²) in [5.74, 6) is 0.917. The van der Waals surface area contributed by atoms with Crippen LogP contribution in [0.4, 0.5) is 9.18 Å². The second kappa shape index (κ2) is 9.05. The molecule has 1 heterocycles. The molecule has 0 spiro atoms. The largest absolute Gasteiger partial charge is 0.497 e. The molecule has 29 heavy (non-hydrogen) atoms. The first-order valence-electron chi connectivity index (χ1n) is 9.02. The Balaban J connectivity index is 1.54. The lowest BCUT2D eigenvalue weighted by molar-refractivity contribution is 0.240. The molecule has 2 N–H and O–H groups in total. The van der Waals surface area contributed by atoms with Crippen molar-refractivity contribution in [3.05, 3.63) is 70.4 Å². The van der Waals surface area contributed by atoms with Gasteiger partial charge in [-0.3, -0.25) is 4.57 Å². The van der Waals surface area contributed by atoms with Gasteiger partial charge in [-0.15, -0.1) is 5.10 Å². The van der Waals surface area contributed by atoms with Gasteiger partial charge in [0.2, 0.25) is 0 Å². The fourth-order valence-corrected chi connectivity index (χ4v) is 2.75. The predicted molar refractivity (Wildman–Crippen MR) is 106 cm³/mol. The number of aromatic nitrogens is 3. The number of carbonyl (C=O) groups excluding carboxylic acids is 1. The van der Waals surface area contributed by atoms with E-state index in [2.05, 4.69) is 15.7 Å². The van der Waals surface area contributed by atoms with Crippen molar-refractivity contribution in [2.75, 3.05) is 13.7 Å². The third-order valence-corrected chi connectivity index (χ3v) is 4.36. The molecule has 152 valence electrons. The van der Waals surface area contributed by atoms with Crippen LogP contribution in [0.5, 0.6) is 5.75 Å². The van der Waals surface area contributed by atoms with E-state index in [4.69, 9.17) is 4.74 Å². The molecule has 8 nitrogen and oxygen atoms in total. The Morgan fingerprint density at radius 3 is 2.45 bits per heavy atom. The Hall–Kier alpha value is -3.62. The fraction of sp³-hybridized carbons (Fsp3) is 0.250. The lowest BCUT2D eigenvalue weighted by atomic mass is 10.2. The van der Waals surface area contributed by atoms with E-state index in [-0.39, 0.29) is 37.2 Å². The van der Waals surface area contributed by atoms with Crippen LogP contribution >= 0.6 is 0 Å². The van der Waals surface area contributed by atoms with Crippen LogP contribution in [-0.4, -0.2) is 34.0 Å². The molecule has 1 aromatic heterocycles. The van der Waals surface area contributed by atoms with Gasteiger partial charge in [0.25, 0.3) is 0 Å².